The van der Waals surface area contributed by atoms with E-state index in [4.69, 9.17) is 4.74 Å². The summed E-state index contributed by atoms with van der Waals surface area (Å²) in [6.45, 7) is 6.49. The lowest BCUT2D eigenvalue weighted by atomic mass is 9.82. The summed E-state index contributed by atoms with van der Waals surface area (Å²) in [6.07, 6.45) is 2.56. The van der Waals surface area contributed by atoms with Gasteiger partial charge in [-0.1, -0.05) is 30.3 Å². The summed E-state index contributed by atoms with van der Waals surface area (Å²) in [5.74, 6) is -0.317. The first-order valence-corrected chi connectivity index (χ1v) is 16.4. The topological polar surface area (TPSA) is 101 Å². The van der Waals surface area contributed by atoms with Gasteiger partial charge in [0.2, 0.25) is 0 Å². The van der Waals surface area contributed by atoms with Gasteiger partial charge in [-0.3, -0.25) is 14.4 Å². The molecule has 8 nitrogen and oxygen atoms in total. The Morgan fingerprint density at radius 2 is 1.94 bits per heavy atom. The van der Waals surface area contributed by atoms with E-state index in [1.165, 1.54) is 0 Å². The molecule has 1 saturated heterocycles. The number of aliphatic hydroxyl groups is 1. The number of aryl methyl sites for hydroxylation is 1. The maximum Gasteiger partial charge on any atom is 0.268 e. The van der Waals surface area contributed by atoms with Crippen LogP contribution in [0.15, 0.2) is 54.7 Å². The molecule has 3 heterocycles. The van der Waals surface area contributed by atoms with Crippen molar-refractivity contribution >= 4 is 48.2 Å². The average molecular weight is 619 g/mol. The first kappa shape index (κ1) is 25.5. The molecule has 10 heteroatoms. The Morgan fingerprint density at radius 3 is 2.64 bits per heavy atom. The van der Waals surface area contributed by atoms with E-state index in [1.54, 1.807) is 9.58 Å². The van der Waals surface area contributed by atoms with Crippen molar-refractivity contribution in [3.63, 3.8) is 0 Å². The van der Waals surface area contributed by atoms with Crippen molar-refractivity contribution in [3.8, 4) is 0 Å². The number of ether oxygens (including phenoxy) is 1. The Balaban J connectivity index is 1.54. The van der Waals surface area contributed by atoms with Gasteiger partial charge in [-0.05, 0) is 72.4 Å². The van der Waals surface area contributed by atoms with Crippen LogP contribution in [0.5, 0.6) is 0 Å². The number of carbonyl (C=O) groups excluding carboxylic acids is 1. The number of hydrogen-bond acceptors (Lipinski definition) is 6. The molecule has 1 fully saturated rings. The van der Waals surface area contributed by atoms with E-state index >= 15 is 0 Å². The number of nitrogens with zero attached hydrogens (tertiary/aromatic N) is 4. The van der Waals surface area contributed by atoms with Gasteiger partial charge in [0.1, 0.15) is 0 Å². The van der Waals surface area contributed by atoms with Crippen LogP contribution in [0.2, 0.25) is 18.6 Å². The molecule has 0 saturated carbocycles. The summed E-state index contributed by atoms with van der Waals surface area (Å²) < 4.78 is 9.64. The molecular weight excluding hydrogens is 587 g/mol. The summed E-state index contributed by atoms with van der Waals surface area (Å²) >= 11 is 2.28. The molecule has 36 heavy (non-hydrogen) atoms. The Bertz CT molecular complexity index is 1260. The summed E-state index contributed by atoms with van der Waals surface area (Å²) in [6, 6.07) is 15.7. The van der Waals surface area contributed by atoms with Crippen LogP contribution in [-0.4, -0.2) is 51.8 Å². The molecule has 2 aromatic carbocycles. The number of anilines is 2. The number of benzene rings is 2. The van der Waals surface area contributed by atoms with Crippen molar-refractivity contribution in [2.45, 2.75) is 56.7 Å². The van der Waals surface area contributed by atoms with Crippen molar-refractivity contribution in [1.82, 2.24) is 15.0 Å². The third kappa shape index (κ3) is 4.22. The van der Waals surface area contributed by atoms with Crippen LogP contribution in [0.4, 0.5) is 11.4 Å². The van der Waals surface area contributed by atoms with Gasteiger partial charge in [0.15, 0.2) is 13.9 Å². The van der Waals surface area contributed by atoms with E-state index in [-0.39, 0.29) is 30.1 Å². The highest BCUT2D eigenvalue weighted by atomic mass is 127. The van der Waals surface area contributed by atoms with Crippen LogP contribution in [-0.2, 0) is 28.1 Å². The SMILES string of the molecule is C[C@@H]1[C@@H]([Si](C)(C)O)[C@H](CCn2cc(CCO)nn2)O[C@@]12C(=O)N(c1ccccc1)c1ccc(I)cc12. The highest BCUT2D eigenvalue weighted by molar-refractivity contribution is 14.1. The van der Waals surface area contributed by atoms with Gasteiger partial charge >= 0.3 is 0 Å². The Hall–Kier alpha value is -2.12. The van der Waals surface area contributed by atoms with Crippen LogP contribution in [0, 0.1) is 9.49 Å². The summed E-state index contributed by atoms with van der Waals surface area (Å²) in [5.41, 5.74) is 1.92. The molecule has 2 N–H and O–H groups in total. The normalized spacial score (nSPS) is 25.7. The third-order valence-corrected chi connectivity index (χ3v) is 10.6. The van der Waals surface area contributed by atoms with Crippen molar-refractivity contribution in [2.24, 2.45) is 5.92 Å². The molecule has 2 aliphatic heterocycles. The smallest absolute Gasteiger partial charge is 0.268 e. The van der Waals surface area contributed by atoms with Gasteiger partial charge in [0.25, 0.3) is 5.91 Å². The number of amides is 1. The summed E-state index contributed by atoms with van der Waals surface area (Å²) in [5, 5.41) is 17.5. The number of para-hydroxylation sites is 1. The van der Waals surface area contributed by atoms with E-state index in [0.717, 1.165) is 26.2 Å². The zero-order valence-electron chi connectivity index (χ0n) is 20.6. The molecule has 0 aliphatic carbocycles. The predicted octanol–water partition coefficient (Wildman–Crippen LogP) is 3.98. The molecule has 4 atom stereocenters. The molecule has 3 aromatic rings. The number of aliphatic hydroxyl groups excluding tert-OH is 1. The molecule has 0 bridgehead atoms. The second-order valence-electron chi connectivity index (χ2n) is 10.2. The molecule has 1 amide bonds. The Labute approximate surface area is 225 Å². The molecule has 1 spiro atoms. The Kier molecular flexibility index (Phi) is 6.83. The fourth-order valence-electron chi connectivity index (χ4n) is 6.01. The minimum absolute atomic E-state index is 0.0229. The highest BCUT2D eigenvalue weighted by Crippen LogP contribution is 2.60. The van der Waals surface area contributed by atoms with Crippen LogP contribution >= 0.6 is 22.6 Å². The zero-order valence-corrected chi connectivity index (χ0v) is 23.8. The second-order valence-corrected chi connectivity index (χ2v) is 15.5. The van der Waals surface area contributed by atoms with Gasteiger partial charge in [0, 0.05) is 52.0 Å². The number of rotatable bonds is 7. The fraction of sp³-hybridized carbons (Fsp3) is 0.423. The number of aromatic nitrogens is 3. The average Bonchev–Trinajstić information content (AvgIpc) is 3.47. The first-order valence-electron chi connectivity index (χ1n) is 12.3. The Morgan fingerprint density at radius 1 is 1.19 bits per heavy atom. The van der Waals surface area contributed by atoms with E-state index in [9.17, 15) is 14.7 Å². The second kappa shape index (κ2) is 9.64. The standard InChI is InChI=1S/C26H31IN4O4Si/c1-17-24(36(2,3)34)23(11-13-30-16-19(12-14-32)28-29-30)35-26(17)21-15-18(27)9-10-22(21)31(25(26)33)20-7-5-4-6-8-20/h4-10,15-17,23-24,32,34H,11-14H2,1-3H3/t17-,23+,24-,26+/m1/s1. The molecule has 1 aromatic heterocycles. The van der Waals surface area contributed by atoms with Gasteiger partial charge < -0.3 is 14.6 Å². The lowest BCUT2D eigenvalue weighted by Crippen LogP contribution is -2.45. The van der Waals surface area contributed by atoms with E-state index in [0.29, 0.717) is 19.4 Å². The number of hydrogen-bond donors (Lipinski definition) is 2. The van der Waals surface area contributed by atoms with Crippen LogP contribution in [0.1, 0.15) is 24.6 Å². The van der Waals surface area contributed by atoms with Crippen molar-refractivity contribution < 1.29 is 19.4 Å². The lowest BCUT2D eigenvalue weighted by Gasteiger charge is -2.32. The van der Waals surface area contributed by atoms with Crippen LogP contribution in [0.25, 0.3) is 0 Å². The fourth-order valence-corrected chi connectivity index (χ4v) is 9.11. The van der Waals surface area contributed by atoms with Gasteiger partial charge in [-0.15, -0.1) is 5.10 Å². The van der Waals surface area contributed by atoms with E-state index in [1.807, 2.05) is 61.8 Å². The van der Waals surface area contributed by atoms with Crippen molar-refractivity contribution in [1.29, 1.82) is 0 Å². The van der Waals surface area contributed by atoms with Gasteiger partial charge in [0.05, 0.1) is 17.5 Å². The third-order valence-electron chi connectivity index (χ3n) is 7.47. The van der Waals surface area contributed by atoms with Crippen molar-refractivity contribution in [2.75, 3.05) is 11.5 Å². The summed E-state index contributed by atoms with van der Waals surface area (Å²) in [4.78, 5) is 27.5. The molecule has 2 aliphatic rings. The van der Waals surface area contributed by atoms with Gasteiger partial charge in [-0.25, -0.2) is 0 Å². The zero-order chi connectivity index (χ0) is 25.7. The number of carbonyl (C=O) groups is 1. The first-order chi connectivity index (χ1) is 17.2. The molecule has 190 valence electrons. The quantitative estimate of drug-likeness (QED) is 0.307. The minimum Gasteiger partial charge on any atom is -0.432 e. The molecule has 0 unspecified atom stereocenters. The van der Waals surface area contributed by atoms with Gasteiger partial charge in [-0.2, -0.15) is 0 Å². The van der Waals surface area contributed by atoms with E-state index < -0.39 is 13.9 Å². The molecule has 0 radical (unpaired) electrons. The monoisotopic (exact) mass is 618 g/mol. The van der Waals surface area contributed by atoms with Crippen molar-refractivity contribution in [3.05, 3.63) is 69.6 Å². The largest absolute Gasteiger partial charge is 0.432 e. The lowest BCUT2D eigenvalue weighted by molar-refractivity contribution is -0.145. The number of fused-ring (bicyclic) bond motifs is 2. The predicted molar refractivity (Wildman–Crippen MR) is 147 cm³/mol. The molecular formula is C26H31IN4O4Si. The molecule has 5 rings (SSSR count). The number of halogens is 1. The summed E-state index contributed by atoms with van der Waals surface area (Å²) in [7, 11) is -2.73. The van der Waals surface area contributed by atoms with Crippen LogP contribution in [0.3, 0.4) is 0 Å². The van der Waals surface area contributed by atoms with Crippen LogP contribution < -0.4 is 4.90 Å². The minimum atomic E-state index is -2.73. The maximum absolute atomic E-state index is 14.4. The van der Waals surface area contributed by atoms with E-state index in [2.05, 4.69) is 45.9 Å². The highest BCUT2D eigenvalue weighted by Gasteiger charge is 2.66. The maximum atomic E-state index is 14.4.